The molecule has 0 saturated carbocycles. The van der Waals surface area contributed by atoms with Gasteiger partial charge in [-0.2, -0.15) is 31.6 Å². The third-order valence-electron chi connectivity index (χ3n) is 3.28. The van der Waals surface area contributed by atoms with Crippen molar-refractivity contribution in [2.24, 2.45) is 0 Å². The van der Waals surface area contributed by atoms with Crippen LogP contribution in [0.4, 0.5) is 0 Å². The predicted molar refractivity (Wildman–Crippen MR) is 79.5 cm³/mol. The van der Waals surface area contributed by atoms with Crippen LogP contribution in [0.5, 0.6) is 0 Å². The zero-order valence-electron chi connectivity index (χ0n) is 12.4. The van der Waals surface area contributed by atoms with Gasteiger partial charge in [-0.05, 0) is 0 Å². The van der Waals surface area contributed by atoms with Crippen LogP contribution < -0.4 is 11.1 Å². The van der Waals surface area contributed by atoms with E-state index in [-0.39, 0.29) is 44.4 Å². The molecule has 0 aliphatic rings. The smallest absolute Gasteiger partial charge is 0.249 e. The molecule has 2 aromatic heterocycles. The molecule has 3 aromatic rings. The monoisotopic (exact) mass is 336 g/mol. The third-order valence-corrected chi connectivity index (χ3v) is 3.28. The molecule has 10 nitrogen and oxygen atoms in total. The maximum atomic E-state index is 9.45. The van der Waals surface area contributed by atoms with Gasteiger partial charge in [0.1, 0.15) is 58.6 Å². The number of rotatable bonds is 0. The number of aromatic nitrogens is 2. The Morgan fingerprint density at radius 3 is 1.23 bits per heavy atom. The molecule has 0 aliphatic heterocycles. The van der Waals surface area contributed by atoms with Gasteiger partial charge in [-0.15, -0.1) is 0 Å². The number of fused-ring (bicyclic) bond motifs is 2. The van der Waals surface area contributed by atoms with Crippen molar-refractivity contribution >= 4 is 33.3 Å². The van der Waals surface area contributed by atoms with E-state index >= 15 is 0 Å². The van der Waals surface area contributed by atoms with Crippen LogP contribution in [0.15, 0.2) is 8.83 Å². The quantitative estimate of drug-likeness (QED) is 0.543. The summed E-state index contributed by atoms with van der Waals surface area (Å²) in [6, 6.07) is 10.0. The van der Waals surface area contributed by atoms with Gasteiger partial charge >= 0.3 is 0 Å². The zero-order valence-corrected chi connectivity index (χ0v) is 12.4. The molecule has 0 unspecified atom stereocenters. The minimum Gasteiger partial charge on any atom is -0.433 e. The summed E-state index contributed by atoms with van der Waals surface area (Å²) < 4.78 is 10.6. The molecule has 116 valence electrons. The Morgan fingerprint density at radius 1 is 0.615 bits per heavy atom. The highest BCUT2D eigenvalue weighted by Gasteiger charge is 2.23. The Labute approximate surface area is 143 Å². The molecule has 10 heteroatoms. The fraction of sp³-hybridized carbons (Fsp3) is 0. The molecule has 3 rings (SSSR count). The molecule has 0 spiro atoms. The van der Waals surface area contributed by atoms with Crippen LogP contribution in [-0.4, -0.2) is 9.97 Å². The lowest BCUT2D eigenvalue weighted by atomic mass is 10.1. The lowest BCUT2D eigenvalue weighted by Crippen LogP contribution is -2.04. The Bertz CT molecular complexity index is 1290. The van der Waals surface area contributed by atoms with E-state index in [1.54, 1.807) is 24.3 Å². The molecule has 0 atom stereocenters. The summed E-state index contributed by atoms with van der Waals surface area (Å²) in [5, 5.41) is 54.6. The van der Waals surface area contributed by atoms with Gasteiger partial charge in [0.2, 0.25) is 11.1 Å². The van der Waals surface area contributed by atoms with Crippen molar-refractivity contribution in [1.29, 1.82) is 31.6 Å². The molecular weight excluding hydrogens is 336 g/mol. The van der Waals surface area contributed by atoms with Gasteiger partial charge < -0.3 is 8.83 Å². The molecule has 0 saturated heterocycles. The van der Waals surface area contributed by atoms with Crippen LogP contribution in [0.1, 0.15) is 11.1 Å². The second-order valence-corrected chi connectivity index (χ2v) is 4.56. The van der Waals surface area contributed by atoms with Gasteiger partial charge in [0.15, 0.2) is 22.3 Å². The van der Waals surface area contributed by atoms with Gasteiger partial charge in [-0.25, -0.2) is 9.97 Å². The van der Waals surface area contributed by atoms with E-state index in [2.05, 4.69) is 9.97 Å². The second-order valence-electron chi connectivity index (χ2n) is 4.56. The van der Waals surface area contributed by atoms with Gasteiger partial charge in [-0.1, -0.05) is 0 Å². The van der Waals surface area contributed by atoms with Crippen molar-refractivity contribution in [1.82, 2.24) is 9.97 Å². The topological polar surface area (TPSA) is 195 Å². The van der Waals surface area contributed by atoms with E-state index in [0.29, 0.717) is 0 Å². The van der Waals surface area contributed by atoms with Crippen molar-refractivity contribution in [3.63, 3.8) is 0 Å². The molecule has 2 heterocycles. The Kier molecular flexibility index (Phi) is 3.51. The minimum absolute atomic E-state index is 0.104. The van der Waals surface area contributed by atoms with Gasteiger partial charge in [0.05, 0.1) is 0 Å². The van der Waals surface area contributed by atoms with Gasteiger partial charge in [0, 0.05) is 0 Å². The summed E-state index contributed by atoms with van der Waals surface area (Å²) >= 11 is 0. The molecule has 0 aliphatic carbocycles. The second kappa shape index (κ2) is 5.80. The van der Waals surface area contributed by atoms with Crippen molar-refractivity contribution in [3.8, 4) is 36.4 Å². The normalized spacial score (nSPS) is 9.31. The molecule has 26 heavy (non-hydrogen) atoms. The molecular formula is C16N8O2. The van der Waals surface area contributed by atoms with E-state index in [1.165, 1.54) is 0 Å². The number of benzene rings is 1. The first-order chi connectivity index (χ1) is 12.6. The lowest BCUT2D eigenvalue weighted by molar-refractivity contribution is 0.558. The predicted octanol–water partition coefficient (Wildman–Crippen LogP) is 0.108. The van der Waals surface area contributed by atoms with Crippen molar-refractivity contribution in [2.45, 2.75) is 0 Å². The molecule has 1 aromatic carbocycles. The SMILES string of the molecule is N#CC(C#N)=c1nc2c(C#N)c3oc(=C(C#N)C#N)nc3c(C#N)c2o1. The summed E-state index contributed by atoms with van der Waals surface area (Å²) in [6.45, 7) is 0. The van der Waals surface area contributed by atoms with Crippen molar-refractivity contribution < 1.29 is 8.83 Å². The van der Waals surface area contributed by atoms with E-state index < -0.39 is 11.1 Å². The fourth-order valence-electron chi connectivity index (χ4n) is 2.20. The first-order valence-electron chi connectivity index (χ1n) is 6.55. The van der Waals surface area contributed by atoms with Crippen LogP contribution >= 0.6 is 0 Å². The molecule has 0 N–H and O–H groups in total. The molecule has 0 bridgehead atoms. The maximum absolute atomic E-state index is 9.45. The van der Waals surface area contributed by atoms with E-state index in [1.807, 2.05) is 12.1 Å². The van der Waals surface area contributed by atoms with E-state index in [4.69, 9.17) is 29.9 Å². The number of hydrogen-bond acceptors (Lipinski definition) is 10. The third kappa shape index (κ3) is 1.99. The van der Waals surface area contributed by atoms with Crippen molar-refractivity contribution in [3.05, 3.63) is 22.2 Å². The summed E-state index contributed by atoms with van der Waals surface area (Å²) in [6.07, 6.45) is 0. The Morgan fingerprint density at radius 2 is 0.962 bits per heavy atom. The average Bonchev–Trinajstić information content (AvgIpc) is 3.26. The van der Waals surface area contributed by atoms with E-state index in [0.717, 1.165) is 0 Å². The molecule has 0 fully saturated rings. The minimum atomic E-state index is -0.441. The maximum Gasteiger partial charge on any atom is 0.249 e. The molecule has 0 radical (unpaired) electrons. The average molecular weight is 336 g/mol. The number of nitriles is 6. The van der Waals surface area contributed by atoms with Crippen LogP contribution in [0.2, 0.25) is 0 Å². The highest BCUT2D eigenvalue weighted by molar-refractivity contribution is 6.02. The summed E-state index contributed by atoms with van der Waals surface area (Å²) in [4.78, 5) is 7.86. The highest BCUT2D eigenvalue weighted by Crippen LogP contribution is 2.29. The summed E-state index contributed by atoms with van der Waals surface area (Å²) in [7, 11) is 0. The molecule has 0 amide bonds. The standard InChI is InChI=1S/C16N8O2/c17-1-7(2-18)15-23-11-9(5-21)14-12(10(6-22)13(11)25-15)24-16(26-14)8(3-19)4-20. The first-order valence-corrected chi connectivity index (χ1v) is 6.55. The van der Waals surface area contributed by atoms with Gasteiger partial charge in [-0.3, -0.25) is 0 Å². The number of hydrogen-bond donors (Lipinski definition) is 0. The Hall–Kier alpha value is -5.16. The van der Waals surface area contributed by atoms with Gasteiger partial charge in [0.25, 0.3) is 0 Å². The van der Waals surface area contributed by atoms with Crippen LogP contribution in [0, 0.1) is 68.0 Å². The lowest BCUT2D eigenvalue weighted by Gasteiger charge is -1.94. The summed E-state index contributed by atoms with van der Waals surface area (Å²) in [5.41, 5.74) is -2.47. The van der Waals surface area contributed by atoms with Crippen LogP contribution in [0.25, 0.3) is 33.3 Å². The zero-order chi connectivity index (χ0) is 18.8. The highest BCUT2D eigenvalue weighted by atomic mass is 16.3. The number of nitrogens with zero attached hydrogens (tertiary/aromatic N) is 8. The first kappa shape index (κ1) is 15.7. The van der Waals surface area contributed by atoms with Crippen LogP contribution in [0.3, 0.4) is 0 Å². The van der Waals surface area contributed by atoms with E-state index in [9.17, 15) is 10.5 Å². The Balaban J connectivity index is 2.68. The number of oxazole rings is 2. The van der Waals surface area contributed by atoms with Crippen molar-refractivity contribution in [2.75, 3.05) is 0 Å². The summed E-state index contributed by atoms with van der Waals surface area (Å²) in [5.74, 6) is 0. The largest absolute Gasteiger partial charge is 0.433 e. The fourth-order valence-corrected chi connectivity index (χ4v) is 2.20. The van der Waals surface area contributed by atoms with Crippen LogP contribution in [-0.2, 0) is 0 Å².